The van der Waals surface area contributed by atoms with Gasteiger partial charge in [-0.2, -0.15) is 0 Å². The van der Waals surface area contributed by atoms with Gasteiger partial charge in [0.25, 0.3) is 5.91 Å². The largest absolute Gasteiger partial charge is 0.445 e. The van der Waals surface area contributed by atoms with Gasteiger partial charge in [0, 0.05) is 29.1 Å². The molecule has 46 heavy (non-hydrogen) atoms. The van der Waals surface area contributed by atoms with E-state index in [1.165, 1.54) is 23.1 Å². The Labute approximate surface area is 270 Å². The van der Waals surface area contributed by atoms with Crippen LogP contribution in [0, 0.1) is 5.82 Å². The smallest absolute Gasteiger partial charge is 0.410 e. The summed E-state index contributed by atoms with van der Waals surface area (Å²) in [5.74, 6) is -1.59. The van der Waals surface area contributed by atoms with E-state index in [-0.39, 0.29) is 36.7 Å². The van der Waals surface area contributed by atoms with Crippen LogP contribution in [0.15, 0.2) is 102 Å². The molecule has 0 saturated carbocycles. The summed E-state index contributed by atoms with van der Waals surface area (Å²) in [6.45, 7) is -0.159. The number of hydrogen-bond donors (Lipinski definition) is 3. The van der Waals surface area contributed by atoms with E-state index < -0.39 is 39.2 Å². The summed E-state index contributed by atoms with van der Waals surface area (Å²) in [6, 6.07) is 24.8. The minimum absolute atomic E-state index is 0.00868. The molecule has 4 amide bonds. The van der Waals surface area contributed by atoms with Crippen LogP contribution in [0.5, 0.6) is 0 Å². The van der Waals surface area contributed by atoms with Gasteiger partial charge in [-0.3, -0.25) is 4.79 Å². The zero-order valence-corrected chi connectivity index (χ0v) is 26.2. The molecule has 1 aliphatic rings. The van der Waals surface area contributed by atoms with E-state index in [0.717, 1.165) is 17.9 Å². The van der Waals surface area contributed by atoms with Crippen LogP contribution in [0.1, 0.15) is 12.0 Å². The van der Waals surface area contributed by atoms with Gasteiger partial charge in [-0.15, -0.1) is 0 Å². The predicted molar refractivity (Wildman–Crippen MR) is 173 cm³/mol. The van der Waals surface area contributed by atoms with Crippen molar-refractivity contribution in [3.63, 3.8) is 0 Å². The number of carbonyl (C=O) groups is 3. The Kier molecular flexibility index (Phi) is 9.59. The van der Waals surface area contributed by atoms with Gasteiger partial charge in [-0.25, -0.2) is 22.4 Å². The lowest BCUT2D eigenvalue weighted by Crippen LogP contribution is -2.59. The first-order valence-corrected chi connectivity index (χ1v) is 16.4. The average molecular weight is 665 g/mol. The van der Waals surface area contributed by atoms with E-state index in [2.05, 4.69) is 16.0 Å². The van der Waals surface area contributed by atoms with Crippen molar-refractivity contribution in [2.45, 2.75) is 23.5 Å². The molecule has 4 aromatic carbocycles. The van der Waals surface area contributed by atoms with Gasteiger partial charge in [0.2, 0.25) is 0 Å². The lowest BCUT2D eigenvalue weighted by Gasteiger charge is -2.29. The number of benzene rings is 4. The number of hydrogen-bond acceptors (Lipinski definition) is 6. The van der Waals surface area contributed by atoms with Gasteiger partial charge in [-0.1, -0.05) is 66.2 Å². The van der Waals surface area contributed by atoms with E-state index in [1.807, 2.05) is 18.2 Å². The Morgan fingerprint density at radius 2 is 1.63 bits per heavy atom. The number of likely N-dealkylation sites (tertiary alicyclic amines) is 1. The van der Waals surface area contributed by atoms with Crippen LogP contribution in [0.25, 0.3) is 11.1 Å². The summed E-state index contributed by atoms with van der Waals surface area (Å²) in [5.41, 5.74) is -0.0756. The Bertz CT molecular complexity index is 1870. The van der Waals surface area contributed by atoms with Crippen LogP contribution in [0.2, 0.25) is 5.02 Å². The molecule has 0 spiro atoms. The highest BCUT2D eigenvalue weighted by molar-refractivity contribution is 7.90. The fourth-order valence-electron chi connectivity index (χ4n) is 5.09. The molecular formula is C33H30ClFN4O6S. The second-order valence-electron chi connectivity index (χ2n) is 10.8. The second kappa shape index (κ2) is 13.6. The average Bonchev–Trinajstić information content (AvgIpc) is 3.47. The van der Waals surface area contributed by atoms with Crippen molar-refractivity contribution in [1.29, 1.82) is 0 Å². The highest BCUT2D eigenvalue weighted by Gasteiger charge is 2.48. The molecule has 1 fully saturated rings. The Morgan fingerprint density at radius 1 is 0.935 bits per heavy atom. The van der Waals surface area contributed by atoms with Crippen LogP contribution >= 0.6 is 11.6 Å². The van der Waals surface area contributed by atoms with Crippen LogP contribution in [-0.2, 0) is 26.0 Å². The molecule has 13 heteroatoms. The number of nitrogens with one attached hydrogen (secondary N) is 3. The molecule has 1 unspecified atom stereocenters. The fraction of sp³-hybridized carbons (Fsp3) is 0.182. The van der Waals surface area contributed by atoms with E-state index in [0.29, 0.717) is 21.8 Å². The van der Waals surface area contributed by atoms with Crippen molar-refractivity contribution in [2.24, 2.45) is 0 Å². The van der Waals surface area contributed by atoms with Gasteiger partial charge in [-0.05, 0) is 60.0 Å². The van der Waals surface area contributed by atoms with E-state index in [4.69, 9.17) is 16.3 Å². The Hall–Kier alpha value is -4.94. The molecule has 1 atom stereocenters. The zero-order chi connectivity index (χ0) is 32.9. The molecule has 0 bridgehead atoms. The van der Waals surface area contributed by atoms with Crippen molar-refractivity contribution in [3.05, 3.63) is 113 Å². The monoisotopic (exact) mass is 664 g/mol. The maximum atomic E-state index is 15.4. The van der Waals surface area contributed by atoms with Gasteiger partial charge >= 0.3 is 12.1 Å². The van der Waals surface area contributed by atoms with Crippen molar-refractivity contribution < 1.29 is 31.9 Å². The van der Waals surface area contributed by atoms with Crippen LogP contribution in [0.4, 0.5) is 25.4 Å². The number of ether oxygens (including phenoxy) is 1. The summed E-state index contributed by atoms with van der Waals surface area (Å²) in [4.78, 5) is 41.2. The van der Waals surface area contributed by atoms with Crippen LogP contribution in [0.3, 0.4) is 0 Å². The predicted octanol–water partition coefficient (Wildman–Crippen LogP) is 6.09. The lowest BCUT2D eigenvalue weighted by atomic mass is 9.97. The first-order valence-electron chi connectivity index (χ1n) is 14.1. The summed E-state index contributed by atoms with van der Waals surface area (Å²) in [7, 11) is -3.60. The Balaban J connectivity index is 1.36. The molecule has 0 aliphatic carbocycles. The third-order valence-corrected chi connectivity index (χ3v) is 8.84. The molecule has 5 rings (SSSR count). The van der Waals surface area contributed by atoms with Gasteiger partial charge in [0.15, 0.2) is 9.84 Å². The minimum atomic E-state index is -3.60. The second-order valence-corrected chi connectivity index (χ2v) is 13.2. The highest BCUT2D eigenvalue weighted by atomic mass is 35.5. The standard InChI is InChI=1S/C33H30ClFN4O6S/c1-46(43,44)29-10-6-5-9-26(29)23-11-16-28(27(35)19-23)37-30(40)33(38-31(41)36-25-14-12-24(34)13-15-25)17-18-39(21-33)32(42)45-20-22-7-3-2-4-8-22/h2-16,19H,17-18,20-21H2,1H3,(H,37,40)(H2,36,38,41). The van der Waals surface area contributed by atoms with Crippen molar-refractivity contribution >= 4 is 50.8 Å². The van der Waals surface area contributed by atoms with E-state index in [9.17, 15) is 22.8 Å². The molecule has 1 saturated heterocycles. The van der Waals surface area contributed by atoms with Gasteiger partial charge in [0.1, 0.15) is 18.0 Å². The SMILES string of the molecule is CS(=O)(=O)c1ccccc1-c1ccc(NC(=O)C2(NC(=O)Nc3ccc(Cl)cc3)CCN(C(=O)OCc3ccccc3)C2)c(F)c1. The maximum Gasteiger partial charge on any atom is 0.410 e. The number of anilines is 2. The number of halogens is 2. The quantitative estimate of drug-likeness (QED) is 0.209. The van der Waals surface area contributed by atoms with E-state index >= 15 is 4.39 Å². The Morgan fingerprint density at radius 3 is 2.33 bits per heavy atom. The molecule has 1 heterocycles. The molecule has 3 N–H and O–H groups in total. The number of amides is 4. The third-order valence-electron chi connectivity index (χ3n) is 7.44. The molecule has 10 nitrogen and oxygen atoms in total. The summed E-state index contributed by atoms with van der Waals surface area (Å²) < 4.78 is 45.4. The topological polar surface area (TPSA) is 134 Å². The fourth-order valence-corrected chi connectivity index (χ4v) is 6.12. The normalized spacial score (nSPS) is 16.0. The van der Waals surface area contributed by atoms with Crippen molar-refractivity contribution in [1.82, 2.24) is 10.2 Å². The minimum Gasteiger partial charge on any atom is -0.445 e. The van der Waals surface area contributed by atoms with Crippen molar-refractivity contribution in [3.8, 4) is 11.1 Å². The summed E-state index contributed by atoms with van der Waals surface area (Å²) >= 11 is 5.93. The molecule has 4 aromatic rings. The van der Waals surface area contributed by atoms with Crippen LogP contribution < -0.4 is 16.0 Å². The highest BCUT2D eigenvalue weighted by Crippen LogP contribution is 2.31. The maximum absolute atomic E-state index is 15.4. The zero-order valence-electron chi connectivity index (χ0n) is 24.6. The first-order chi connectivity index (χ1) is 21.9. The molecule has 238 valence electrons. The third kappa shape index (κ3) is 7.64. The molecular weight excluding hydrogens is 635 g/mol. The number of rotatable bonds is 8. The molecule has 0 radical (unpaired) electrons. The summed E-state index contributed by atoms with van der Waals surface area (Å²) in [5, 5.41) is 8.33. The number of urea groups is 1. The number of sulfone groups is 1. The first kappa shape index (κ1) is 32.5. The lowest BCUT2D eigenvalue weighted by molar-refractivity contribution is -0.121. The van der Waals surface area contributed by atoms with Crippen LogP contribution in [-0.4, -0.2) is 56.2 Å². The number of nitrogens with zero attached hydrogens (tertiary/aromatic N) is 1. The van der Waals surface area contributed by atoms with Crippen molar-refractivity contribution in [2.75, 3.05) is 30.0 Å². The van der Waals surface area contributed by atoms with Gasteiger partial charge < -0.3 is 25.6 Å². The van der Waals surface area contributed by atoms with E-state index in [1.54, 1.807) is 54.6 Å². The number of carbonyl (C=O) groups excluding carboxylic acids is 3. The van der Waals surface area contributed by atoms with Gasteiger partial charge in [0.05, 0.1) is 17.1 Å². The molecule has 1 aliphatic heterocycles. The summed E-state index contributed by atoms with van der Waals surface area (Å²) in [6.07, 6.45) is 0.391. The molecule has 0 aromatic heterocycles.